The van der Waals surface area contributed by atoms with Crippen molar-refractivity contribution >= 4 is 43.5 Å². The van der Waals surface area contributed by atoms with Gasteiger partial charge in [0.1, 0.15) is 11.9 Å². The number of aryl methyl sites for hydroxylation is 1. The Hall–Kier alpha value is -0.420. The van der Waals surface area contributed by atoms with E-state index in [0.717, 1.165) is 10.0 Å². The molecule has 0 fully saturated rings. The lowest BCUT2D eigenvalue weighted by Gasteiger charge is -2.16. The Morgan fingerprint density at radius 1 is 1.16 bits per heavy atom. The molecule has 0 heterocycles. The number of benzene rings is 2. The zero-order valence-electron chi connectivity index (χ0n) is 9.92. The summed E-state index contributed by atoms with van der Waals surface area (Å²) >= 11 is 12.3. The quantitative estimate of drug-likeness (QED) is 0.660. The molecule has 1 N–H and O–H groups in total. The van der Waals surface area contributed by atoms with Gasteiger partial charge in [0.05, 0.1) is 5.02 Å². The van der Waals surface area contributed by atoms with Crippen molar-refractivity contribution in [1.29, 1.82) is 0 Å². The van der Waals surface area contributed by atoms with Gasteiger partial charge < -0.3 is 5.11 Å². The maximum Gasteiger partial charge on any atom is 0.149 e. The molecule has 0 aliphatic carbocycles. The van der Waals surface area contributed by atoms with Gasteiger partial charge in [0.2, 0.25) is 0 Å². The van der Waals surface area contributed by atoms with Crippen LogP contribution in [0.2, 0.25) is 5.02 Å². The van der Waals surface area contributed by atoms with Gasteiger partial charge in [-0.15, -0.1) is 0 Å². The second-order valence-electron chi connectivity index (χ2n) is 4.17. The standard InChI is InChI=1S/C14H10Br2ClFO/c1-7-2-3-8(15)6-10(7)14(19)9-4-5-11(16)12(17)13(9)18/h2-6,14,19H,1H3. The fourth-order valence-corrected chi connectivity index (χ4v) is 2.68. The molecule has 2 aromatic carbocycles. The van der Waals surface area contributed by atoms with Gasteiger partial charge in [-0.25, -0.2) is 4.39 Å². The molecule has 2 aromatic rings. The first-order valence-corrected chi connectivity index (χ1v) is 7.45. The number of rotatable bonds is 2. The van der Waals surface area contributed by atoms with E-state index in [0.29, 0.717) is 10.0 Å². The van der Waals surface area contributed by atoms with Crippen LogP contribution >= 0.6 is 43.5 Å². The van der Waals surface area contributed by atoms with Gasteiger partial charge in [-0.2, -0.15) is 0 Å². The Morgan fingerprint density at radius 2 is 1.84 bits per heavy atom. The number of halogens is 4. The molecular formula is C14H10Br2ClFO. The summed E-state index contributed by atoms with van der Waals surface area (Å²) in [6.07, 6.45) is -1.05. The maximum absolute atomic E-state index is 14.1. The molecule has 0 spiro atoms. The predicted molar refractivity (Wildman–Crippen MR) is 82.1 cm³/mol. The number of aliphatic hydroxyl groups is 1. The summed E-state index contributed by atoms with van der Waals surface area (Å²) < 4.78 is 15.4. The van der Waals surface area contributed by atoms with Crippen LogP contribution in [0.15, 0.2) is 39.3 Å². The highest BCUT2D eigenvalue weighted by Crippen LogP contribution is 2.34. The molecule has 0 aliphatic heterocycles. The molecular weight excluding hydrogens is 398 g/mol. The van der Waals surface area contributed by atoms with Crippen molar-refractivity contribution in [2.24, 2.45) is 0 Å². The Balaban J connectivity index is 2.53. The topological polar surface area (TPSA) is 20.2 Å². The lowest BCUT2D eigenvalue weighted by molar-refractivity contribution is 0.214. The maximum atomic E-state index is 14.1. The van der Waals surface area contributed by atoms with Gasteiger partial charge in [0.15, 0.2) is 0 Å². The third kappa shape index (κ3) is 3.02. The fourth-order valence-electron chi connectivity index (χ4n) is 1.83. The normalized spacial score (nSPS) is 12.5. The van der Waals surface area contributed by atoms with E-state index in [-0.39, 0.29) is 10.6 Å². The third-order valence-corrected chi connectivity index (χ3v) is 4.65. The minimum absolute atomic E-state index is 0.0239. The van der Waals surface area contributed by atoms with Gasteiger partial charge in [0, 0.05) is 14.5 Å². The summed E-state index contributed by atoms with van der Waals surface area (Å²) in [5, 5.41) is 10.3. The first-order valence-electron chi connectivity index (χ1n) is 5.49. The number of hydrogen-bond acceptors (Lipinski definition) is 1. The smallest absolute Gasteiger partial charge is 0.149 e. The third-order valence-electron chi connectivity index (χ3n) is 2.90. The van der Waals surface area contributed by atoms with Crippen molar-refractivity contribution in [3.8, 4) is 0 Å². The monoisotopic (exact) mass is 406 g/mol. The second kappa shape index (κ2) is 5.92. The molecule has 19 heavy (non-hydrogen) atoms. The lowest BCUT2D eigenvalue weighted by Crippen LogP contribution is -2.05. The molecule has 1 atom stereocenters. The van der Waals surface area contributed by atoms with Crippen LogP contribution in [0.4, 0.5) is 4.39 Å². The molecule has 0 amide bonds. The number of aliphatic hydroxyl groups excluding tert-OH is 1. The average Bonchev–Trinajstić information content (AvgIpc) is 2.38. The van der Waals surface area contributed by atoms with Gasteiger partial charge in [-0.3, -0.25) is 0 Å². The molecule has 0 aliphatic rings. The Morgan fingerprint density at radius 3 is 2.53 bits per heavy atom. The lowest BCUT2D eigenvalue weighted by atomic mass is 9.97. The van der Waals surface area contributed by atoms with E-state index < -0.39 is 11.9 Å². The summed E-state index contributed by atoms with van der Waals surface area (Å²) in [4.78, 5) is 0. The zero-order valence-corrected chi connectivity index (χ0v) is 13.9. The largest absolute Gasteiger partial charge is 0.384 e. The Kier molecular flexibility index (Phi) is 4.66. The highest BCUT2D eigenvalue weighted by atomic mass is 79.9. The Labute approximate surface area is 132 Å². The van der Waals surface area contributed by atoms with E-state index in [1.54, 1.807) is 12.1 Å². The minimum atomic E-state index is -1.05. The van der Waals surface area contributed by atoms with Crippen molar-refractivity contribution < 1.29 is 9.50 Å². The first kappa shape index (κ1) is 15.0. The van der Waals surface area contributed by atoms with Crippen LogP contribution in [-0.2, 0) is 0 Å². The van der Waals surface area contributed by atoms with Crippen molar-refractivity contribution in [3.05, 3.63) is 66.8 Å². The fraction of sp³-hybridized carbons (Fsp3) is 0.143. The van der Waals surface area contributed by atoms with Gasteiger partial charge in [-0.1, -0.05) is 39.7 Å². The van der Waals surface area contributed by atoms with Crippen LogP contribution in [-0.4, -0.2) is 5.11 Å². The second-order valence-corrected chi connectivity index (χ2v) is 6.32. The first-order chi connectivity index (χ1) is 8.91. The molecule has 2 rings (SSSR count). The minimum Gasteiger partial charge on any atom is -0.384 e. The van der Waals surface area contributed by atoms with Crippen LogP contribution in [0.5, 0.6) is 0 Å². The van der Waals surface area contributed by atoms with Gasteiger partial charge in [-0.05, 0) is 52.2 Å². The molecule has 0 bridgehead atoms. The molecule has 0 aromatic heterocycles. The Bertz CT molecular complexity index is 631. The molecule has 0 radical (unpaired) electrons. The average molecular weight is 408 g/mol. The van der Waals surface area contributed by atoms with Crippen LogP contribution in [0.25, 0.3) is 0 Å². The molecule has 5 heteroatoms. The highest BCUT2D eigenvalue weighted by Gasteiger charge is 2.20. The number of hydrogen-bond donors (Lipinski definition) is 1. The zero-order chi connectivity index (χ0) is 14.2. The van der Waals surface area contributed by atoms with Gasteiger partial charge >= 0.3 is 0 Å². The van der Waals surface area contributed by atoms with Crippen molar-refractivity contribution in [1.82, 2.24) is 0 Å². The summed E-state index contributed by atoms with van der Waals surface area (Å²) in [7, 11) is 0. The molecule has 0 saturated heterocycles. The van der Waals surface area contributed by atoms with Crippen LogP contribution in [0.3, 0.4) is 0 Å². The summed E-state index contributed by atoms with van der Waals surface area (Å²) in [6, 6.07) is 8.65. The highest BCUT2D eigenvalue weighted by molar-refractivity contribution is 9.10. The van der Waals surface area contributed by atoms with E-state index in [2.05, 4.69) is 31.9 Å². The van der Waals surface area contributed by atoms with E-state index in [1.165, 1.54) is 6.07 Å². The molecule has 1 nitrogen and oxygen atoms in total. The van der Waals surface area contributed by atoms with Crippen LogP contribution in [0, 0.1) is 12.7 Å². The van der Waals surface area contributed by atoms with Gasteiger partial charge in [0.25, 0.3) is 0 Å². The molecule has 100 valence electrons. The van der Waals surface area contributed by atoms with E-state index in [4.69, 9.17) is 11.6 Å². The summed E-state index contributed by atoms with van der Waals surface area (Å²) in [5.74, 6) is -0.608. The van der Waals surface area contributed by atoms with Crippen molar-refractivity contribution in [2.45, 2.75) is 13.0 Å². The van der Waals surface area contributed by atoms with E-state index in [9.17, 15) is 9.50 Å². The SMILES string of the molecule is Cc1ccc(Br)cc1C(O)c1ccc(Br)c(Cl)c1F. The van der Waals surface area contributed by atoms with Crippen molar-refractivity contribution in [3.63, 3.8) is 0 Å². The molecule has 1 unspecified atom stereocenters. The summed E-state index contributed by atoms with van der Waals surface area (Å²) in [6.45, 7) is 1.86. The molecule has 0 saturated carbocycles. The van der Waals surface area contributed by atoms with E-state index >= 15 is 0 Å². The van der Waals surface area contributed by atoms with Crippen molar-refractivity contribution in [2.75, 3.05) is 0 Å². The predicted octanol–water partition coefficient (Wildman–Crippen LogP) is 5.39. The summed E-state index contributed by atoms with van der Waals surface area (Å²) in [5.41, 5.74) is 1.69. The van der Waals surface area contributed by atoms with E-state index in [1.807, 2.05) is 19.1 Å². The van der Waals surface area contributed by atoms with Crippen LogP contribution in [0.1, 0.15) is 22.8 Å². The van der Waals surface area contributed by atoms with Crippen LogP contribution < -0.4 is 0 Å².